The molecular formula is C44H32N4. The fourth-order valence-electron chi connectivity index (χ4n) is 6.67. The minimum absolute atomic E-state index is 0.873. The van der Waals surface area contributed by atoms with Gasteiger partial charge >= 0.3 is 0 Å². The van der Waals surface area contributed by atoms with Crippen LogP contribution in [0.15, 0.2) is 173 Å². The van der Waals surface area contributed by atoms with Crippen molar-refractivity contribution in [1.82, 2.24) is 4.98 Å². The maximum absolute atomic E-state index is 5.14. The van der Waals surface area contributed by atoms with E-state index in [9.17, 15) is 0 Å². The summed E-state index contributed by atoms with van der Waals surface area (Å²) in [4.78, 5) is 16.2. The molecule has 0 bridgehead atoms. The standard InChI is InChI=1S/C44H32N4/c1-30-44(46-29-45-2)39-26-36(31-13-6-3-7-14-31)25-35-19-12-20-42(43(35)39)48(30)38-23-21-34(22-24-38)41-28-37(32-15-8-4-9-16-32)27-40(47-41)33-17-10-5-11-18-33/h3-29H,2H2,1H3/b46-29-. The van der Waals surface area contributed by atoms with Crippen LogP contribution in [0.4, 0.5) is 11.4 Å². The Morgan fingerprint density at radius 3 is 1.73 bits per heavy atom. The highest BCUT2D eigenvalue weighted by Crippen LogP contribution is 2.47. The van der Waals surface area contributed by atoms with Crippen molar-refractivity contribution in [2.75, 3.05) is 4.90 Å². The highest BCUT2D eigenvalue weighted by Gasteiger charge is 2.26. The van der Waals surface area contributed by atoms with Gasteiger partial charge in [0.15, 0.2) is 0 Å². The second-order valence-electron chi connectivity index (χ2n) is 11.9. The van der Waals surface area contributed by atoms with E-state index in [1.807, 2.05) is 18.2 Å². The molecule has 0 unspecified atom stereocenters. The van der Waals surface area contributed by atoms with E-state index in [1.165, 1.54) is 11.9 Å². The molecule has 48 heavy (non-hydrogen) atoms. The molecule has 0 saturated heterocycles. The SMILES string of the molecule is C=N/C=N\C1=C(C)N(c2ccc(-c3cc(-c4ccccc4)cc(-c4ccccc4)n3)cc2)c2cccc3cc(-c4ccccc4)cc1c23. The van der Waals surface area contributed by atoms with Crippen molar-refractivity contribution in [1.29, 1.82) is 0 Å². The molecule has 2 heterocycles. The maximum atomic E-state index is 5.14. The molecule has 1 aliphatic heterocycles. The number of rotatable bonds is 7. The molecule has 0 aliphatic carbocycles. The molecule has 4 nitrogen and oxygen atoms in total. The molecule has 0 atom stereocenters. The smallest absolute Gasteiger partial charge is 0.115 e. The largest absolute Gasteiger partial charge is 0.312 e. The number of anilines is 2. The molecule has 1 aliphatic rings. The van der Waals surface area contributed by atoms with E-state index in [2.05, 4.69) is 163 Å². The van der Waals surface area contributed by atoms with Crippen molar-refractivity contribution in [3.8, 4) is 44.8 Å². The first kappa shape index (κ1) is 29.0. The lowest BCUT2D eigenvalue weighted by Gasteiger charge is -2.33. The molecule has 8 rings (SSSR count). The summed E-state index contributed by atoms with van der Waals surface area (Å²) in [6, 6.07) is 55.4. The van der Waals surface area contributed by atoms with Crippen LogP contribution in [0.25, 0.3) is 61.2 Å². The van der Waals surface area contributed by atoms with Crippen molar-refractivity contribution >= 4 is 40.9 Å². The van der Waals surface area contributed by atoms with Gasteiger partial charge in [0.1, 0.15) is 6.34 Å². The highest BCUT2D eigenvalue weighted by atomic mass is 15.2. The summed E-state index contributed by atoms with van der Waals surface area (Å²) in [6.07, 6.45) is 1.53. The Morgan fingerprint density at radius 2 is 1.12 bits per heavy atom. The van der Waals surface area contributed by atoms with Gasteiger partial charge in [0, 0.05) is 33.5 Å². The third kappa shape index (κ3) is 5.29. The number of benzene rings is 6. The average Bonchev–Trinajstić information content (AvgIpc) is 3.16. The van der Waals surface area contributed by atoms with E-state index in [0.29, 0.717) is 0 Å². The quantitative estimate of drug-likeness (QED) is 0.132. The molecule has 6 aromatic carbocycles. The van der Waals surface area contributed by atoms with Crippen LogP contribution >= 0.6 is 0 Å². The first-order valence-corrected chi connectivity index (χ1v) is 16.0. The zero-order valence-corrected chi connectivity index (χ0v) is 26.6. The van der Waals surface area contributed by atoms with E-state index in [-0.39, 0.29) is 0 Å². The van der Waals surface area contributed by atoms with Gasteiger partial charge in [-0.25, -0.2) is 9.98 Å². The molecule has 0 saturated carbocycles. The Morgan fingerprint density at radius 1 is 0.562 bits per heavy atom. The monoisotopic (exact) mass is 616 g/mol. The van der Waals surface area contributed by atoms with Crippen LogP contribution in [0.2, 0.25) is 0 Å². The van der Waals surface area contributed by atoms with Crippen LogP contribution < -0.4 is 4.90 Å². The fraction of sp³-hybridized carbons (Fsp3) is 0.0227. The number of nitrogens with zero attached hydrogens (tertiary/aromatic N) is 4. The molecular weight excluding hydrogens is 585 g/mol. The topological polar surface area (TPSA) is 40.9 Å². The van der Waals surface area contributed by atoms with Crippen LogP contribution in [0.5, 0.6) is 0 Å². The summed E-state index contributed by atoms with van der Waals surface area (Å²) in [5, 5.41) is 2.32. The second-order valence-corrected chi connectivity index (χ2v) is 11.9. The summed E-state index contributed by atoms with van der Waals surface area (Å²) < 4.78 is 0. The van der Waals surface area contributed by atoms with E-state index >= 15 is 0 Å². The Labute approximate surface area is 280 Å². The maximum Gasteiger partial charge on any atom is 0.115 e. The zero-order valence-electron chi connectivity index (χ0n) is 26.6. The van der Waals surface area contributed by atoms with E-state index in [1.54, 1.807) is 0 Å². The Balaban J connectivity index is 1.25. The van der Waals surface area contributed by atoms with Crippen molar-refractivity contribution in [2.24, 2.45) is 9.98 Å². The van der Waals surface area contributed by atoms with Crippen molar-refractivity contribution in [3.63, 3.8) is 0 Å². The molecule has 0 radical (unpaired) electrons. The van der Waals surface area contributed by atoms with Crippen molar-refractivity contribution < 1.29 is 0 Å². The minimum atomic E-state index is 0.873. The van der Waals surface area contributed by atoms with Gasteiger partial charge in [0.05, 0.1) is 22.8 Å². The summed E-state index contributed by atoms with van der Waals surface area (Å²) in [5.74, 6) is 0. The number of pyridine rings is 1. The van der Waals surface area contributed by atoms with E-state index in [4.69, 9.17) is 9.98 Å². The number of aromatic nitrogens is 1. The van der Waals surface area contributed by atoms with Gasteiger partial charge < -0.3 is 4.90 Å². The second kappa shape index (κ2) is 12.4. The lowest BCUT2D eigenvalue weighted by molar-refractivity contribution is 1.14. The average molecular weight is 617 g/mol. The molecule has 1 aromatic heterocycles. The first-order valence-electron chi connectivity index (χ1n) is 16.0. The van der Waals surface area contributed by atoms with E-state index in [0.717, 1.165) is 78.3 Å². The fourth-order valence-corrected chi connectivity index (χ4v) is 6.67. The molecule has 0 amide bonds. The van der Waals surface area contributed by atoms with Crippen LogP contribution in [-0.2, 0) is 0 Å². The predicted molar refractivity (Wildman–Crippen MR) is 203 cm³/mol. The molecule has 228 valence electrons. The minimum Gasteiger partial charge on any atom is -0.312 e. The zero-order chi connectivity index (χ0) is 32.5. The van der Waals surface area contributed by atoms with Gasteiger partial charge in [-0.2, -0.15) is 0 Å². The van der Waals surface area contributed by atoms with Gasteiger partial charge in [-0.05, 0) is 83.7 Å². The van der Waals surface area contributed by atoms with Gasteiger partial charge in [0.25, 0.3) is 0 Å². The van der Waals surface area contributed by atoms with E-state index < -0.39 is 0 Å². The van der Waals surface area contributed by atoms with Crippen LogP contribution in [0.3, 0.4) is 0 Å². The molecule has 0 spiro atoms. The predicted octanol–water partition coefficient (Wildman–Crippen LogP) is 11.5. The van der Waals surface area contributed by atoms with Crippen LogP contribution in [-0.4, -0.2) is 18.0 Å². The Hall–Kier alpha value is -6.39. The number of aliphatic imine (C=N–C) groups is 2. The first-order chi connectivity index (χ1) is 23.7. The van der Waals surface area contributed by atoms with Gasteiger partial charge in [-0.1, -0.05) is 115 Å². The molecule has 7 aromatic rings. The van der Waals surface area contributed by atoms with Gasteiger partial charge in [-0.3, -0.25) is 4.99 Å². The number of hydrogen-bond donors (Lipinski definition) is 0. The molecule has 0 fully saturated rings. The summed E-state index contributed by atoms with van der Waals surface area (Å²) in [6.45, 7) is 5.78. The molecule has 0 N–H and O–H groups in total. The Bertz CT molecular complexity index is 2280. The number of hydrogen-bond acceptors (Lipinski definition) is 3. The molecule has 4 heteroatoms. The Kier molecular flexibility index (Phi) is 7.52. The third-order valence-corrected chi connectivity index (χ3v) is 8.93. The van der Waals surface area contributed by atoms with Gasteiger partial charge in [0.2, 0.25) is 0 Å². The normalized spacial score (nSPS) is 12.6. The highest BCUT2D eigenvalue weighted by molar-refractivity contribution is 6.10. The summed E-state index contributed by atoms with van der Waals surface area (Å²) in [5.41, 5.74) is 13.8. The summed E-state index contributed by atoms with van der Waals surface area (Å²) in [7, 11) is 0. The van der Waals surface area contributed by atoms with Crippen LogP contribution in [0.1, 0.15) is 12.5 Å². The van der Waals surface area contributed by atoms with Crippen molar-refractivity contribution in [2.45, 2.75) is 6.92 Å². The van der Waals surface area contributed by atoms with Crippen LogP contribution in [0, 0.1) is 0 Å². The third-order valence-electron chi connectivity index (χ3n) is 8.93. The lowest BCUT2D eigenvalue weighted by atomic mass is 9.90. The van der Waals surface area contributed by atoms with Crippen molar-refractivity contribution in [3.05, 3.63) is 169 Å². The number of allylic oxidation sites excluding steroid dienone is 1. The van der Waals surface area contributed by atoms with Gasteiger partial charge in [-0.15, -0.1) is 0 Å². The lowest BCUT2D eigenvalue weighted by Crippen LogP contribution is -2.19. The summed E-state index contributed by atoms with van der Waals surface area (Å²) >= 11 is 0.